The van der Waals surface area contributed by atoms with E-state index in [4.69, 9.17) is 37.9 Å². The zero-order chi connectivity index (χ0) is 23.2. The van der Waals surface area contributed by atoms with E-state index >= 15 is 0 Å². The molecular formula is C23H28O9. The van der Waals surface area contributed by atoms with Crippen LogP contribution in [-0.4, -0.2) is 61.4 Å². The molecule has 9 nitrogen and oxygen atoms in total. The van der Waals surface area contributed by atoms with E-state index in [1.165, 1.54) is 27.4 Å². The lowest BCUT2D eigenvalue weighted by atomic mass is 10.1. The van der Waals surface area contributed by atoms with Gasteiger partial charge in [0.05, 0.1) is 0 Å². The summed E-state index contributed by atoms with van der Waals surface area (Å²) >= 11 is 0. The highest BCUT2D eigenvalue weighted by molar-refractivity contribution is 6.07. The van der Waals surface area contributed by atoms with Crippen LogP contribution in [0.25, 0.3) is 6.08 Å². The number of hydrogen-bond donors (Lipinski definition) is 0. The van der Waals surface area contributed by atoms with Gasteiger partial charge in [-0.2, -0.15) is 0 Å². The zero-order valence-corrected chi connectivity index (χ0v) is 18.6. The van der Waals surface area contributed by atoms with Crippen molar-refractivity contribution in [1.29, 1.82) is 0 Å². The Kier molecular flexibility index (Phi) is 11.0. The zero-order valence-electron chi connectivity index (χ0n) is 18.6. The van der Waals surface area contributed by atoms with E-state index in [9.17, 15) is 4.79 Å². The van der Waals surface area contributed by atoms with Crippen LogP contribution >= 0.6 is 0 Å². The molecule has 0 aliphatic carbocycles. The Bertz CT molecular complexity index is 833. The molecule has 0 fully saturated rings. The standard InChI is InChI=1S/C23H28O9/c1-25-13-29-19-8-5-17(6-9-19)7-10-20(24)18-11-21(30-14-26-2)23(32-16-28-4)22(12-18)31-15-27-3/h5-12H,13-16H2,1-4H3/b10-7+. The van der Waals surface area contributed by atoms with Crippen molar-refractivity contribution in [3.63, 3.8) is 0 Å². The van der Waals surface area contributed by atoms with Crippen LogP contribution < -0.4 is 18.9 Å². The molecular weight excluding hydrogens is 420 g/mol. The monoisotopic (exact) mass is 448 g/mol. The highest BCUT2D eigenvalue weighted by Crippen LogP contribution is 2.39. The molecule has 9 heteroatoms. The fourth-order valence-electron chi connectivity index (χ4n) is 2.51. The predicted molar refractivity (Wildman–Crippen MR) is 116 cm³/mol. The van der Waals surface area contributed by atoms with Gasteiger partial charge in [0.15, 0.2) is 44.5 Å². The average Bonchev–Trinajstić information content (AvgIpc) is 2.82. The summed E-state index contributed by atoms with van der Waals surface area (Å²) < 4.78 is 41.9. The maximum absolute atomic E-state index is 12.8. The van der Waals surface area contributed by atoms with Crippen LogP contribution in [-0.2, 0) is 18.9 Å². The first-order chi connectivity index (χ1) is 15.6. The summed E-state index contributed by atoms with van der Waals surface area (Å²) in [6.45, 7) is 0.0404. The Labute approximate surface area is 187 Å². The number of rotatable bonds is 15. The Balaban J connectivity index is 2.26. The quantitative estimate of drug-likeness (QED) is 0.231. The number of benzene rings is 2. The number of allylic oxidation sites excluding steroid dienone is 1. The van der Waals surface area contributed by atoms with Crippen molar-refractivity contribution in [2.75, 3.05) is 55.6 Å². The van der Waals surface area contributed by atoms with Gasteiger partial charge in [-0.15, -0.1) is 0 Å². The van der Waals surface area contributed by atoms with Crippen molar-refractivity contribution in [2.45, 2.75) is 0 Å². The van der Waals surface area contributed by atoms with Crippen LogP contribution in [0.2, 0.25) is 0 Å². The maximum atomic E-state index is 12.8. The third-order valence-corrected chi connectivity index (χ3v) is 3.94. The first-order valence-electron chi connectivity index (χ1n) is 9.60. The van der Waals surface area contributed by atoms with Crippen LogP contribution in [0.15, 0.2) is 42.5 Å². The molecule has 0 saturated heterocycles. The van der Waals surface area contributed by atoms with Crippen molar-refractivity contribution >= 4 is 11.9 Å². The number of hydrogen-bond acceptors (Lipinski definition) is 9. The summed E-state index contributed by atoms with van der Waals surface area (Å²) in [5, 5.41) is 0. The maximum Gasteiger partial charge on any atom is 0.206 e. The third kappa shape index (κ3) is 7.86. The van der Waals surface area contributed by atoms with Gasteiger partial charge in [0, 0.05) is 34.0 Å². The number of carbonyl (C=O) groups excluding carboxylic acids is 1. The average molecular weight is 448 g/mol. The summed E-state index contributed by atoms with van der Waals surface area (Å²) in [5.41, 5.74) is 1.16. The van der Waals surface area contributed by atoms with Crippen LogP contribution in [0.3, 0.4) is 0 Å². The van der Waals surface area contributed by atoms with Crippen molar-refractivity contribution in [3.8, 4) is 23.0 Å². The molecule has 0 aliphatic rings. The molecule has 0 amide bonds. The first kappa shape index (κ1) is 25.2. The smallest absolute Gasteiger partial charge is 0.206 e. The first-order valence-corrected chi connectivity index (χ1v) is 9.60. The second-order valence-electron chi connectivity index (χ2n) is 6.27. The normalized spacial score (nSPS) is 10.9. The summed E-state index contributed by atoms with van der Waals surface area (Å²) in [5.74, 6) is 1.23. The third-order valence-electron chi connectivity index (χ3n) is 3.94. The minimum Gasteiger partial charge on any atom is -0.468 e. The second kappa shape index (κ2) is 14.0. The summed E-state index contributed by atoms with van der Waals surface area (Å²) in [7, 11) is 6.02. The minimum atomic E-state index is -0.257. The van der Waals surface area contributed by atoms with Gasteiger partial charge in [-0.05, 0) is 35.9 Å². The lowest BCUT2D eigenvalue weighted by Crippen LogP contribution is -2.09. The summed E-state index contributed by atoms with van der Waals surface area (Å²) in [4.78, 5) is 12.8. The molecule has 2 aromatic carbocycles. The number of ketones is 1. The highest BCUT2D eigenvalue weighted by Gasteiger charge is 2.18. The lowest BCUT2D eigenvalue weighted by molar-refractivity contribution is 0.0217. The lowest BCUT2D eigenvalue weighted by Gasteiger charge is -2.17. The van der Waals surface area contributed by atoms with E-state index in [-0.39, 0.29) is 50.2 Å². The molecule has 0 aliphatic heterocycles. The van der Waals surface area contributed by atoms with Crippen LogP contribution in [0.5, 0.6) is 23.0 Å². The molecule has 0 bridgehead atoms. The van der Waals surface area contributed by atoms with Crippen molar-refractivity contribution in [2.24, 2.45) is 0 Å². The van der Waals surface area contributed by atoms with Gasteiger partial charge in [0.1, 0.15) is 5.75 Å². The molecule has 0 aromatic heterocycles. The fourth-order valence-corrected chi connectivity index (χ4v) is 2.51. The molecule has 2 rings (SSSR count). The van der Waals surface area contributed by atoms with Gasteiger partial charge in [-0.3, -0.25) is 4.79 Å². The molecule has 0 N–H and O–H groups in total. The molecule has 0 saturated carbocycles. The van der Waals surface area contributed by atoms with Crippen molar-refractivity contribution in [3.05, 3.63) is 53.6 Å². The second-order valence-corrected chi connectivity index (χ2v) is 6.27. The SMILES string of the molecule is COCOc1ccc(/C=C/C(=O)c2cc(OCOC)c(OCOC)c(OCOC)c2)cc1. The molecule has 0 radical (unpaired) electrons. The Morgan fingerprint density at radius 1 is 0.719 bits per heavy atom. The van der Waals surface area contributed by atoms with Gasteiger partial charge >= 0.3 is 0 Å². The van der Waals surface area contributed by atoms with E-state index in [2.05, 4.69) is 0 Å². The van der Waals surface area contributed by atoms with Crippen molar-refractivity contribution in [1.82, 2.24) is 0 Å². The van der Waals surface area contributed by atoms with Crippen LogP contribution in [0, 0.1) is 0 Å². The molecule has 174 valence electrons. The van der Waals surface area contributed by atoms with Gasteiger partial charge in [-0.25, -0.2) is 0 Å². The van der Waals surface area contributed by atoms with Gasteiger partial charge in [-0.1, -0.05) is 18.2 Å². The van der Waals surface area contributed by atoms with Gasteiger partial charge in [0.2, 0.25) is 5.75 Å². The van der Waals surface area contributed by atoms with E-state index in [0.29, 0.717) is 11.3 Å². The van der Waals surface area contributed by atoms with Gasteiger partial charge in [0.25, 0.3) is 0 Å². The van der Waals surface area contributed by atoms with E-state index in [1.807, 2.05) is 12.1 Å². The largest absolute Gasteiger partial charge is 0.468 e. The Morgan fingerprint density at radius 2 is 1.22 bits per heavy atom. The molecule has 0 heterocycles. The van der Waals surface area contributed by atoms with Crippen LogP contribution in [0.4, 0.5) is 0 Å². The fraction of sp³-hybridized carbons (Fsp3) is 0.348. The van der Waals surface area contributed by atoms with Crippen LogP contribution in [0.1, 0.15) is 15.9 Å². The Morgan fingerprint density at radius 3 is 1.75 bits per heavy atom. The predicted octanol–water partition coefficient (Wildman–Crippen LogP) is 3.51. The van der Waals surface area contributed by atoms with Gasteiger partial charge < -0.3 is 37.9 Å². The molecule has 32 heavy (non-hydrogen) atoms. The van der Waals surface area contributed by atoms with Crippen molar-refractivity contribution < 1.29 is 42.7 Å². The van der Waals surface area contributed by atoms with E-state index in [0.717, 1.165) is 5.56 Å². The summed E-state index contributed by atoms with van der Waals surface area (Å²) in [6.07, 6.45) is 3.15. The molecule has 0 spiro atoms. The van der Waals surface area contributed by atoms with E-state index < -0.39 is 0 Å². The number of carbonyl (C=O) groups is 1. The van der Waals surface area contributed by atoms with E-state index in [1.54, 1.807) is 37.5 Å². The molecule has 0 unspecified atom stereocenters. The summed E-state index contributed by atoms with van der Waals surface area (Å²) in [6, 6.07) is 10.3. The minimum absolute atomic E-state index is 0.0377. The number of ether oxygens (including phenoxy) is 8. The molecule has 2 aromatic rings. The number of methoxy groups -OCH3 is 4. The topological polar surface area (TPSA) is 90.9 Å². The molecule has 0 atom stereocenters. The Hall–Kier alpha value is -3.11. The highest BCUT2D eigenvalue weighted by atomic mass is 16.7.